The molecule has 12 rings (SSSR count). The first-order valence-electron chi connectivity index (χ1n) is 20.7. The molecule has 0 saturated carbocycles. The van der Waals surface area contributed by atoms with E-state index in [-0.39, 0.29) is 5.41 Å². The molecule has 0 aliphatic heterocycles. The zero-order valence-electron chi connectivity index (χ0n) is 33.3. The Hall–Kier alpha value is -7.62. The van der Waals surface area contributed by atoms with Crippen LogP contribution in [0.4, 0.5) is 17.1 Å². The predicted octanol–water partition coefficient (Wildman–Crippen LogP) is 16.3. The lowest BCUT2D eigenvalue weighted by atomic mass is 9.82. The molecule has 60 heavy (non-hydrogen) atoms. The van der Waals surface area contributed by atoms with Crippen molar-refractivity contribution in [3.63, 3.8) is 0 Å². The fourth-order valence-corrected chi connectivity index (χ4v) is 9.73. The SMILES string of the molecule is CC1(C)c2ccccc2-c2ccc(N(c3cccc(-c4ccccc4)c3)c3cccc(-c4ccc5oc6c(-c7ccccc7)c7c(cc6c5c4)oc4ccccc47)c3)cc21. The van der Waals surface area contributed by atoms with Crippen molar-refractivity contribution in [2.45, 2.75) is 19.3 Å². The number of fused-ring (bicyclic) bond motifs is 9. The van der Waals surface area contributed by atoms with E-state index in [1.165, 1.54) is 33.4 Å². The number of benzene rings is 9. The minimum Gasteiger partial charge on any atom is -0.456 e. The largest absolute Gasteiger partial charge is 0.456 e. The Labute approximate surface area is 348 Å². The van der Waals surface area contributed by atoms with Crippen LogP contribution in [0.1, 0.15) is 25.0 Å². The van der Waals surface area contributed by atoms with Crippen molar-refractivity contribution >= 4 is 60.9 Å². The minimum absolute atomic E-state index is 0.127. The monoisotopic (exact) mass is 769 g/mol. The molecule has 0 bridgehead atoms. The van der Waals surface area contributed by atoms with Gasteiger partial charge in [0.05, 0.1) is 0 Å². The van der Waals surface area contributed by atoms with E-state index in [1.54, 1.807) is 0 Å². The molecule has 1 aliphatic carbocycles. The molecule has 0 radical (unpaired) electrons. The zero-order valence-corrected chi connectivity index (χ0v) is 33.3. The molecule has 0 spiro atoms. The van der Waals surface area contributed by atoms with Gasteiger partial charge in [0.15, 0.2) is 0 Å². The molecule has 0 fully saturated rings. The highest BCUT2D eigenvalue weighted by atomic mass is 16.3. The summed E-state index contributed by atoms with van der Waals surface area (Å²) in [7, 11) is 0. The van der Waals surface area contributed by atoms with E-state index in [2.05, 4.69) is 207 Å². The highest BCUT2D eigenvalue weighted by Gasteiger charge is 2.36. The first-order valence-corrected chi connectivity index (χ1v) is 20.7. The average molecular weight is 770 g/mol. The smallest absolute Gasteiger partial charge is 0.144 e. The summed E-state index contributed by atoms with van der Waals surface area (Å²) in [6.45, 7) is 4.69. The van der Waals surface area contributed by atoms with E-state index in [0.29, 0.717) is 0 Å². The van der Waals surface area contributed by atoms with E-state index in [1.807, 2.05) is 12.1 Å². The van der Waals surface area contributed by atoms with Crippen molar-refractivity contribution in [3.05, 3.63) is 211 Å². The molecule has 0 amide bonds. The summed E-state index contributed by atoms with van der Waals surface area (Å²) in [5.74, 6) is 0. The molecular weight excluding hydrogens is 731 g/mol. The molecule has 0 unspecified atom stereocenters. The number of hydrogen-bond acceptors (Lipinski definition) is 3. The number of nitrogens with zero attached hydrogens (tertiary/aromatic N) is 1. The quantitative estimate of drug-likeness (QED) is 0.169. The van der Waals surface area contributed by atoms with Gasteiger partial charge in [-0.25, -0.2) is 0 Å². The number of para-hydroxylation sites is 1. The van der Waals surface area contributed by atoms with Crippen LogP contribution in [0.2, 0.25) is 0 Å². The molecule has 1 aliphatic rings. The third-order valence-corrected chi connectivity index (χ3v) is 12.6. The van der Waals surface area contributed by atoms with Crippen LogP contribution >= 0.6 is 0 Å². The molecule has 0 saturated heterocycles. The van der Waals surface area contributed by atoms with Crippen LogP contribution in [0.25, 0.3) is 88.4 Å². The van der Waals surface area contributed by atoms with E-state index >= 15 is 0 Å². The van der Waals surface area contributed by atoms with Gasteiger partial charge in [0, 0.05) is 49.6 Å². The zero-order chi connectivity index (χ0) is 40.0. The molecule has 2 heterocycles. The van der Waals surface area contributed by atoms with Crippen molar-refractivity contribution in [1.82, 2.24) is 0 Å². The Bertz CT molecular complexity index is 3460. The van der Waals surface area contributed by atoms with Crippen LogP contribution in [-0.2, 0) is 5.41 Å². The second kappa shape index (κ2) is 13.2. The van der Waals surface area contributed by atoms with Gasteiger partial charge < -0.3 is 13.7 Å². The van der Waals surface area contributed by atoms with Gasteiger partial charge in [0.2, 0.25) is 0 Å². The fourth-order valence-electron chi connectivity index (χ4n) is 9.73. The first-order chi connectivity index (χ1) is 29.5. The van der Waals surface area contributed by atoms with Crippen molar-refractivity contribution < 1.29 is 8.83 Å². The van der Waals surface area contributed by atoms with E-state index in [9.17, 15) is 0 Å². The topological polar surface area (TPSA) is 29.5 Å². The molecule has 2 aromatic heterocycles. The minimum atomic E-state index is -0.127. The average Bonchev–Trinajstić information content (AvgIpc) is 3.93. The fraction of sp³-hybridized carbons (Fsp3) is 0.0526. The van der Waals surface area contributed by atoms with Gasteiger partial charge in [-0.2, -0.15) is 0 Å². The number of furan rings is 2. The van der Waals surface area contributed by atoms with Gasteiger partial charge in [-0.1, -0.05) is 153 Å². The van der Waals surface area contributed by atoms with Crippen molar-refractivity contribution in [2.24, 2.45) is 0 Å². The number of anilines is 3. The van der Waals surface area contributed by atoms with Gasteiger partial charge >= 0.3 is 0 Å². The van der Waals surface area contributed by atoms with Gasteiger partial charge in [-0.05, 0) is 111 Å². The summed E-state index contributed by atoms with van der Waals surface area (Å²) in [4.78, 5) is 2.41. The molecule has 0 N–H and O–H groups in total. The molecule has 9 aromatic carbocycles. The Morgan fingerprint density at radius 3 is 1.75 bits per heavy atom. The normalized spacial score (nSPS) is 13.0. The molecule has 11 aromatic rings. The van der Waals surface area contributed by atoms with Crippen LogP contribution in [0.15, 0.2) is 209 Å². The van der Waals surface area contributed by atoms with Crippen LogP contribution in [0.5, 0.6) is 0 Å². The highest BCUT2D eigenvalue weighted by molar-refractivity contribution is 6.23. The number of rotatable bonds is 6. The molecule has 3 heteroatoms. The molecule has 284 valence electrons. The Morgan fingerprint density at radius 1 is 0.367 bits per heavy atom. The first kappa shape index (κ1) is 34.4. The lowest BCUT2D eigenvalue weighted by Gasteiger charge is -2.29. The van der Waals surface area contributed by atoms with Crippen LogP contribution < -0.4 is 4.90 Å². The summed E-state index contributed by atoms with van der Waals surface area (Å²) >= 11 is 0. The van der Waals surface area contributed by atoms with E-state index in [4.69, 9.17) is 8.83 Å². The molecule has 0 atom stereocenters. The Balaban J connectivity index is 1.03. The third-order valence-electron chi connectivity index (χ3n) is 12.6. The van der Waals surface area contributed by atoms with Gasteiger partial charge in [0.25, 0.3) is 0 Å². The highest BCUT2D eigenvalue weighted by Crippen LogP contribution is 2.51. The van der Waals surface area contributed by atoms with E-state index < -0.39 is 0 Å². The summed E-state index contributed by atoms with van der Waals surface area (Å²) in [5.41, 5.74) is 18.7. The Morgan fingerprint density at radius 2 is 0.967 bits per heavy atom. The standard InChI is InChI=1S/C57H39NO2/c1-57(2)49-25-11-9-23-44(49)45-29-28-43(34-50(45)57)58(41-21-13-19-38(31-41)36-15-5-3-6-16-36)42-22-14-20-39(32-42)40-27-30-52-47(33-40)48-35-53-55(46-24-10-12-26-51(46)59-53)54(56(48)60-52)37-17-7-4-8-18-37/h3-35H,1-2H3. The van der Waals surface area contributed by atoms with Crippen LogP contribution in [-0.4, -0.2) is 0 Å². The maximum absolute atomic E-state index is 6.81. The van der Waals surface area contributed by atoms with Gasteiger partial charge in [-0.3, -0.25) is 0 Å². The predicted molar refractivity (Wildman–Crippen MR) is 250 cm³/mol. The van der Waals surface area contributed by atoms with Gasteiger partial charge in [-0.15, -0.1) is 0 Å². The molecular formula is C57H39NO2. The summed E-state index contributed by atoms with van der Waals surface area (Å²) in [6, 6.07) is 71.8. The van der Waals surface area contributed by atoms with E-state index in [0.717, 1.165) is 83.2 Å². The maximum Gasteiger partial charge on any atom is 0.144 e. The Kier molecular flexibility index (Phi) is 7.58. The second-order valence-electron chi connectivity index (χ2n) is 16.5. The molecule has 3 nitrogen and oxygen atoms in total. The van der Waals surface area contributed by atoms with Crippen molar-refractivity contribution in [1.29, 1.82) is 0 Å². The van der Waals surface area contributed by atoms with Crippen LogP contribution in [0, 0.1) is 0 Å². The second-order valence-corrected chi connectivity index (χ2v) is 16.5. The lowest BCUT2D eigenvalue weighted by molar-refractivity contribution is 0.660. The summed E-state index contributed by atoms with van der Waals surface area (Å²) in [6.07, 6.45) is 0. The van der Waals surface area contributed by atoms with Crippen molar-refractivity contribution in [2.75, 3.05) is 4.90 Å². The van der Waals surface area contributed by atoms with Crippen LogP contribution in [0.3, 0.4) is 0 Å². The third kappa shape index (κ3) is 5.29. The maximum atomic E-state index is 6.81. The number of hydrogen-bond donors (Lipinski definition) is 0. The van der Waals surface area contributed by atoms with Crippen molar-refractivity contribution in [3.8, 4) is 44.5 Å². The van der Waals surface area contributed by atoms with Gasteiger partial charge in [0.1, 0.15) is 22.3 Å². The lowest BCUT2D eigenvalue weighted by Crippen LogP contribution is -2.16. The summed E-state index contributed by atoms with van der Waals surface area (Å²) < 4.78 is 13.3. The summed E-state index contributed by atoms with van der Waals surface area (Å²) in [5, 5.41) is 4.25.